The Morgan fingerprint density at radius 3 is 2.82 bits per heavy atom. The summed E-state index contributed by atoms with van der Waals surface area (Å²) in [5.74, 6) is 1.01. The maximum atomic E-state index is 12.9. The maximum Gasteiger partial charge on any atom is 0.236 e. The van der Waals surface area contributed by atoms with Crippen LogP contribution >= 0.6 is 11.3 Å². The Labute approximate surface area is 130 Å². The predicted octanol–water partition coefficient (Wildman–Crippen LogP) is 1.46. The van der Waals surface area contributed by atoms with Crippen LogP contribution in [0.4, 0.5) is 5.13 Å². The number of aromatic nitrogens is 4. The highest BCUT2D eigenvalue weighted by molar-refractivity contribution is 7.20. The van der Waals surface area contributed by atoms with Gasteiger partial charge in [-0.1, -0.05) is 11.3 Å². The summed E-state index contributed by atoms with van der Waals surface area (Å²) in [5, 5.41) is 26.2. The molecule has 2 aromatic heterocycles. The number of nitrogens with zero attached hydrogens (tertiary/aromatic N) is 4. The standard InChI is InChI=1S/C14H17N5O2S/c20-10(16-11-18-19-7-15-17-12(19)22-11)13-2-8-1-9(3-13)5-14(21,4-8)6-13/h7-9,21H,1-6H2,(H,16,18,20). The lowest BCUT2D eigenvalue weighted by Gasteiger charge is -2.59. The molecule has 2 atom stereocenters. The Kier molecular flexibility index (Phi) is 2.38. The van der Waals surface area contributed by atoms with Crippen molar-refractivity contribution in [2.45, 2.75) is 44.1 Å². The summed E-state index contributed by atoms with van der Waals surface area (Å²) >= 11 is 1.32. The summed E-state index contributed by atoms with van der Waals surface area (Å²) < 4.78 is 1.56. The first-order chi connectivity index (χ1) is 10.5. The van der Waals surface area contributed by atoms with Crippen LogP contribution in [0.3, 0.4) is 0 Å². The van der Waals surface area contributed by atoms with E-state index in [-0.39, 0.29) is 5.91 Å². The molecule has 6 rings (SSSR count). The van der Waals surface area contributed by atoms with Crippen molar-refractivity contribution in [1.29, 1.82) is 0 Å². The van der Waals surface area contributed by atoms with E-state index in [1.807, 2.05) is 0 Å². The Balaban J connectivity index is 1.43. The largest absolute Gasteiger partial charge is 0.390 e. The van der Waals surface area contributed by atoms with Crippen LogP contribution in [-0.4, -0.2) is 36.4 Å². The molecular formula is C14H17N5O2S. The van der Waals surface area contributed by atoms with Crippen molar-refractivity contribution in [3.05, 3.63) is 6.33 Å². The van der Waals surface area contributed by atoms with Gasteiger partial charge >= 0.3 is 0 Å². The molecule has 0 spiro atoms. The van der Waals surface area contributed by atoms with Gasteiger partial charge in [0, 0.05) is 0 Å². The van der Waals surface area contributed by atoms with E-state index in [4.69, 9.17) is 0 Å². The Hall–Kier alpha value is -1.54. The van der Waals surface area contributed by atoms with Gasteiger partial charge in [-0.25, -0.2) is 0 Å². The third kappa shape index (κ3) is 1.77. The van der Waals surface area contributed by atoms with E-state index in [1.54, 1.807) is 4.52 Å². The first kappa shape index (κ1) is 13.0. The topological polar surface area (TPSA) is 92.4 Å². The lowest BCUT2D eigenvalue weighted by atomic mass is 9.47. The van der Waals surface area contributed by atoms with Crippen molar-refractivity contribution in [3.8, 4) is 0 Å². The number of hydrogen-bond acceptors (Lipinski definition) is 6. The third-order valence-electron chi connectivity index (χ3n) is 5.62. The number of carbonyl (C=O) groups is 1. The molecule has 2 N–H and O–H groups in total. The van der Waals surface area contributed by atoms with Gasteiger partial charge in [0.15, 0.2) is 0 Å². The van der Waals surface area contributed by atoms with E-state index in [0.717, 1.165) is 25.7 Å². The molecule has 0 aromatic carbocycles. The van der Waals surface area contributed by atoms with Gasteiger partial charge in [0.2, 0.25) is 16.0 Å². The van der Waals surface area contributed by atoms with E-state index in [1.165, 1.54) is 24.1 Å². The molecule has 1 amide bonds. The molecule has 2 aromatic rings. The molecule has 4 saturated carbocycles. The molecule has 0 saturated heterocycles. The zero-order valence-corrected chi connectivity index (χ0v) is 12.8. The van der Waals surface area contributed by atoms with Crippen molar-refractivity contribution >= 4 is 27.3 Å². The second-order valence-electron chi connectivity index (χ2n) is 7.39. The van der Waals surface area contributed by atoms with Gasteiger partial charge in [-0.05, 0) is 50.4 Å². The summed E-state index contributed by atoms with van der Waals surface area (Å²) in [4.78, 5) is 13.6. The monoisotopic (exact) mass is 319 g/mol. The minimum atomic E-state index is -0.622. The Morgan fingerprint density at radius 1 is 1.36 bits per heavy atom. The highest BCUT2D eigenvalue weighted by atomic mass is 32.1. The lowest BCUT2D eigenvalue weighted by Crippen LogP contribution is -2.59. The molecule has 7 nitrogen and oxygen atoms in total. The van der Waals surface area contributed by atoms with Crippen LogP contribution in [0.1, 0.15) is 38.5 Å². The van der Waals surface area contributed by atoms with Gasteiger partial charge in [0.05, 0.1) is 11.0 Å². The number of hydrogen-bond donors (Lipinski definition) is 2. The van der Waals surface area contributed by atoms with Crippen LogP contribution in [0.2, 0.25) is 0 Å². The summed E-state index contributed by atoms with van der Waals surface area (Å²) in [6, 6.07) is 0. The molecule has 4 aliphatic carbocycles. The molecule has 0 radical (unpaired) electrons. The number of carbonyl (C=O) groups excluding carboxylic acids is 1. The van der Waals surface area contributed by atoms with E-state index in [2.05, 4.69) is 20.6 Å². The third-order valence-corrected chi connectivity index (χ3v) is 6.45. The number of nitrogens with one attached hydrogen (secondary N) is 1. The van der Waals surface area contributed by atoms with E-state index in [9.17, 15) is 9.90 Å². The molecule has 8 heteroatoms. The molecule has 2 heterocycles. The molecule has 2 unspecified atom stereocenters. The van der Waals surface area contributed by atoms with Crippen molar-refractivity contribution in [2.24, 2.45) is 17.3 Å². The highest BCUT2D eigenvalue weighted by Crippen LogP contribution is 2.61. The summed E-state index contributed by atoms with van der Waals surface area (Å²) in [7, 11) is 0. The van der Waals surface area contributed by atoms with Crippen LogP contribution in [0, 0.1) is 17.3 Å². The smallest absolute Gasteiger partial charge is 0.236 e. The van der Waals surface area contributed by atoms with Gasteiger partial charge in [0.1, 0.15) is 6.33 Å². The molecular weight excluding hydrogens is 302 g/mol. The number of fused-ring (bicyclic) bond motifs is 1. The zero-order valence-electron chi connectivity index (χ0n) is 12.0. The first-order valence-electron chi connectivity index (χ1n) is 7.74. The fourth-order valence-corrected chi connectivity index (χ4v) is 6.03. The molecule has 4 fully saturated rings. The van der Waals surface area contributed by atoms with Gasteiger partial charge in [-0.2, -0.15) is 4.52 Å². The molecule has 4 bridgehead atoms. The second-order valence-corrected chi connectivity index (χ2v) is 8.34. The maximum absolute atomic E-state index is 12.9. The average molecular weight is 319 g/mol. The van der Waals surface area contributed by atoms with Crippen LogP contribution in [-0.2, 0) is 4.79 Å². The van der Waals surface area contributed by atoms with Crippen molar-refractivity contribution in [2.75, 3.05) is 5.32 Å². The van der Waals surface area contributed by atoms with Crippen LogP contribution in [0.15, 0.2) is 6.33 Å². The number of rotatable bonds is 2. The molecule has 4 aliphatic rings. The van der Waals surface area contributed by atoms with Gasteiger partial charge in [-0.15, -0.1) is 15.3 Å². The minimum absolute atomic E-state index is 0.0185. The molecule has 22 heavy (non-hydrogen) atoms. The minimum Gasteiger partial charge on any atom is -0.390 e. The van der Waals surface area contributed by atoms with Gasteiger partial charge in [-0.3, -0.25) is 4.79 Å². The van der Waals surface area contributed by atoms with Crippen molar-refractivity contribution in [3.63, 3.8) is 0 Å². The lowest BCUT2D eigenvalue weighted by molar-refractivity contribution is -0.174. The zero-order chi connectivity index (χ0) is 14.9. The highest BCUT2D eigenvalue weighted by Gasteiger charge is 2.60. The fourth-order valence-electron chi connectivity index (χ4n) is 5.32. The Bertz CT molecular complexity index is 726. The first-order valence-corrected chi connectivity index (χ1v) is 8.56. The van der Waals surface area contributed by atoms with E-state index in [0.29, 0.717) is 28.3 Å². The summed E-state index contributed by atoms with van der Waals surface area (Å²) in [6.45, 7) is 0. The second kappa shape index (κ2) is 4.05. The van der Waals surface area contributed by atoms with Crippen molar-refractivity contribution < 1.29 is 9.90 Å². The normalized spacial score (nSPS) is 39.5. The van der Waals surface area contributed by atoms with Gasteiger partial charge < -0.3 is 10.4 Å². The van der Waals surface area contributed by atoms with Gasteiger partial charge in [0.25, 0.3) is 0 Å². The molecule has 0 aliphatic heterocycles. The Morgan fingerprint density at radius 2 is 2.14 bits per heavy atom. The number of aliphatic hydroxyl groups is 1. The van der Waals surface area contributed by atoms with Crippen LogP contribution in [0.25, 0.3) is 4.96 Å². The molecule has 116 valence electrons. The summed E-state index contributed by atoms with van der Waals surface area (Å²) in [6.07, 6.45) is 6.85. The number of anilines is 1. The quantitative estimate of drug-likeness (QED) is 0.874. The fraction of sp³-hybridized carbons (Fsp3) is 0.714. The SMILES string of the molecule is O=C(Nc1nn2cnnc2s1)C12CC3CC(CC(O)(C3)C1)C2. The average Bonchev–Trinajstić information content (AvgIpc) is 2.96. The van der Waals surface area contributed by atoms with Crippen LogP contribution in [0.5, 0.6) is 0 Å². The van der Waals surface area contributed by atoms with E-state index >= 15 is 0 Å². The summed E-state index contributed by atoms with van der Waals surface area (Å²) in [5.41, 5.74) is -1.03. The van der Waals surface area contributed by atoms with E-state index < -0.39 is 11.0 Å². The predicted molar refractivity (Wildman–Crippen MR) is 79.4 cm³/mol. The number of amides is 1. The van der Waals surface area contributed by atoms with Crippen LogP contribution < -0.4 is 5.32 Å². The van der Waals surface area contributed by atoms with Crippen molar-refractivity contribution in [1.82, 2.24) is 19.8 Å².